The van der Waals surface area contributed by atoms with Crippen LogP contribution in [0.5, 0.6) is 0 Å². The highest BCUT2D eigenvalue weighted by molar-refractivity contribution is 9.10. The van der Waals surface area contributed by atoms with E-state index in [-0.39, 0.29) is 5.82 Å². The first-order valence-corrected chi connectivity index (χ1v) is 7.95. The largest absolute Gasteiger partial charge is 0.369 e. The van der Waals surface area contributed by atoms with Crippen molar-refractivity contribution in [2.45, 2.75) is 19.0 Å². The Kier molecular flexibility index (Phi) is 4.69. The lowest BCUT2D eigenvalue weighted by atomic mass is 10.2. The van der Waals surface area contributed by atoms with Crippen molar-refractivity contribution in [3.63, 3.8) is 0 Å². The Morgan fingerprint density at radius 1 is 1.27 bits per heavy atom. The Morgan fingerprint density at radius 3 is 2.86 bits per heavy atom. The summed E-state index contributed by atoms with van der Waals surface area (Å²) in [6.45, 7) is 2.47. The van der Waals surface area contributed by atoms with Gasteiger partial charge in [0.05, 0.1) is 16.4 Å². The van der Waals surface area contributed by atoms with Gasteiger partial charge in [0, 0.05) is 25.7 Å². The monoisotopic (exact) mass is 367 g/mol. The normalized spacial score (nSPS) is 18.0. The highest BCUT2D eigenvalue weighted by atomic mass is 79.9. The number of nitrogens with one attached hydrogen (secondary N) is 1. The maximum absolute atomic E-state index is 13.2. The molecule has 2 aromatic rings. The predicted octanol–water partition coefficient (Wildman–Crippen LogP) is 3.49. The van der Waals surface area contributed by atoms with Crippen LogP contribution in [0, 0.1) is 11.8 Å². The minimum Gasteiger partial charge on any atom is -0.369 e. The van der Waals surface area contributed by atoms with Crippen molar-refractivity contribution in [2.75, 3.05) is 18.0 Å². The number of benzene rings is 1. The fourth-order valence-electron chi connectivity index (χ4n) is 2.63. The summed E-state index contributed by atoms with van der Waals surface area (Å²) in [6.07, 6.45) is 2.58. The van der Waals surface area contributed by atoms with Crippen molar-refractivity contribution in [3.05, 3.63) is 58.3 Å². The third-order valence-electron chi connectivity index (χ3n) is 3.84. The molecule has 116 valence electrons. The number of pyridine rings is 1. The second-order valence-electron chi connectivity index (χ2n) is 5.40. The van der Waals surface area contributed by atoms with Gasteiger partial charge < -0.3 is 10.2 Å². The molecule has 3 nitrogen and oxygen atoms in total. The van der Waals surface area contributed by atoms with Crippen LogP contribution >= 0.6 is 15.9 Å². The van der Waals surface area contributed by atoms with Gasteiger partial charge in [0.1, 0.15) is 5.82 Å². The first-order chi connectivity index (χ1) is 10.6. The number of hydrogen-bond acceptors (Lipinski definition) is 3. The van der Waals surface area contributed by atoms with Crippen LogP contribution in [-0.2, 0) is 6.54 Å². The van der Waals surface area contributed by atoms with E-state index in [1.807, 2.05) is 0 Å². The molecule has 1 atom stereocenters. The Labute approximate surface area is 136 Å². The van der Waals surface area contributed by atoms with Gasteiger partial charge in [-0.25, -0.2) is 9.37 Å². The van der Waals surface area contributed by atoms with E-state index in [1.54, 1.807) is 24.4 Å². The number of aromatic nitrogens is 1. The highest BCUT2D eigenvalue weighted by Gasteiger charge is 2.22. The molecule has 1 aromatic carbocycles. The molecular formula is C16H16BrF2N3. The van der Waals surface area contributed by atoms with Gasteiger partial charge in [-0.15, -0.1) is 0 Å². The lowest BCUT2D eigenvalue weighted by molar-refractivity contribution is 0.550. The molecule has 0 radical (unpaired) electrons. The molecule has 6 heteroatoms. The summed E-state index contributed by atoms with van der Waals surface area (Å²) >= 11 is 3.20. The molecule has 1 aromatic heterocycles. The first-order valence-electron chi connectivity index (χ1n) is 7.15. The van der Waals surface area contributed by atoms with Crippen LogP contribution in [0.4, 0.5) is 14.5 Å². The van der Waals surface area contributed by atoms with Gasteiger partial charge in [-0.1, -0.05) is 6.07 Å². The van der Waals surface area contributed by atoms with Crippen LogP contribution in [0.25, 0.3) is 0 Å². The molecular weight excluding hydrogens is 352 g/mol. The lowest BCUT2D eigenvalue weighted by Crippen LogP contribution is -2.32. The molecule has 0 saturated carbocycles. The molecule has 0 unspecified atom stereocenters. The van der Waals surface area contributed by atoms with Crippen molar-refractivity contribution in [2.24, 2.45) is 0 Å². The van der Waals surface area contributed by atoms with E-state index in [9.17, 15) is 8.78 Å². The van der Waals surface area contributed by atoms with E-state index in [1.165, 1.54) is 12.1 Å². The zero-order valence-corrected chi connectivity index (χ0v) is 13.5. The molecule has 22 heavy (non-hydrogen) atoms. The van der Waals surface area contributed by atoms with E-state index in [0.29, 0.717) is 17.1 Å². The molecule has 0 bridgehead atoms. The quantitative estimate of drug-likeness (QED) is 0.838. The summed E-state index contributed by atoms with van der Waals surface area (Å²) in [6, 6.07) is 8.52. The number of hydrogen-bond donors (Lipinski definition) is 1. The van der Waals surface area contributed by atoms with E-state index in [2.05, 4.69) is 31.1 Å². The molecule has 3 rings (SSSR count). The lowest BCUT2D eigenvalue weighted by Gasteiger charge is -2.18. The van der Waals surface area contributed by atoms with Gasteiger partial charge in [0.2, 0.25) is 5.95 Å². The maximum Gasteiger partial charge on any atom is 0.212 e. The number of anilines is 1. The van der Waals surface area contributed by atoms with Crippen molar-refractivity contribution >= 4 is 21.6 Å². The fraction of sp³-hybridized carbons (Fsp3) is 0.312. The third kappa shape index (κ3) is 3.62. The van der Waals surface area contributed by atoms with E-state index in [4.69, 9.17) is 0 Å². The number of nitrogens with zero attached hydrogens (tertiary/aromatic N) is 2. The summed E-state index contributed by atoms with van der Waals surface area (Å²) in [5.41, 5.74) is 1.98. The van der Waals surface area contributed by atoms with Gasteiger partial charge in [-0.2, -0.15) is 4.39 Å². The summed E-state index contributed by atoms with van der Waals surface area (Å²) in [7, 11) is 0. The Hall–Kier alpha value is -1.53. The fourth-order valence-corrected chi connectivity index (χ4v) is 3.05. The molecule has 2 heterocycles. The maximum atomic E-state index is 13.2. The van der Waals surface area contributed by atoms with Crippen LogP contribution in [0.15, 0.2) is 41.0 Å². The molecule has 1 N–H and O–H groups in total. The van der Waals surface area contributed by atoms with E-state index in [0.717, 1.165) is 30.8 Å². The van der Waals surface area contributed by atoms with Crippen molar-refractivity contribution in [3.8, 4) is 0 Å². The van der Waals surface area contributed by atoms with Crippen LogP contribution in [0.1, 0.15) is 12.0 Å². The molecule has 0 amide bonds. The van der Waals surface area contributed by atoms with Crippen LogP contribution in [0.2, 0.25) is 0 Å². The molecule has 1 aliphatic heterocycles. The Bertz CT molecular complexity index is 648. The zero-order chi connectivity index (χ0) is 15.5. The van der Waals surface area contributed by atoms with Crippen molar-refractivity contribution in [1.29, 1.82) is 0 Å². The topological polar surface area (TPSA) is 28.2 Å². The van der Waals surface area contributed by atoms with Crippen molar-refractivity contribution < 1.29 is 8.78 Å². The minimum absolute atomic E-state index is 0.250. The standard InChI is InChI=1S/C16H16BrF2N3/c17-14-7-11(1-3-15(14)18)8-20-12-5-6-22(10-12)13-2-4-16(19)21-9-13/h1-4,7,9,12,20H,5-6,8,10H2/t12-/m0/s1. The van der Waals surface area contributed by atoms with Gasteiger partial charge >= 0.3 is 0 Å². The smallest absolute Gasteiger partial charge is 0.212 e. The SMILES string of the molecule is Fc1ccc(N2CC[C@H](NCc3ccc(F)c(Br)c3)C2)cn1. The van der Waals surface area contributed by atoms with Crippen molar-refractivity contribution in [1.82, 2.24) is 10.3 Å². The second kappa shape index (κ2) is 6.71. The third-order valence-corrected chi connectivity index (χ3v) is 4.45. The summed E-state index contributed by atoms with van der Waals surface area (Å²) in [5, 5.41) is 3.48. The molecule has 1 fully saturated rings. The second-order valence-corrected chi connectivity index (χ2v) is 6.25. The van der Waals surface area contributed by atoms with Gasteiger partial charge in [0.25, 0.3) is 0 Å². The molecule has 1 aliphatic rings. The van der Waals surface area contributed by atoms with Crippen LogP contribution in [-0.4, -0.2) is 24.1 Å². The predicted molar refractivity (Wildman–Crippen MR) is 85.8 cm³/mol. The highest BCUT2D eigenvalue weighted by Crippen LogP contribution is 2.20. The Balaban J connectivity index is 1.54. The number of rotatable bonds is 4. The van der Waals surface area contributed by atoms with Gasteiger partial charge in [-0.05, 0) is 52.2 Å². The minimum atomic E-state index is -0.459. The van der Waals surface area contributed by atoms with Crippen LogP contribution < -0.4 is 10.2 Å². The summed E-state index contributed by atoms with van der Waals surface area (Å²) in [4.78, 5) is 5.88. The van der Waals surface area contributed by atoms with Gasteiger partial charge in [0.15, 0.2) is 0 Å². The molecule has 0 spiro atoms. The van der Waals surface area contributed by atoms with Gasteiger partial charge in [-0.3, -0.25) is 0 Å². The zero-order valence-electron chi connectivity index (χ0n) is 11.9. The molecule has 0 aliphatic carbocycles. The van der Waals surface area contributed by atoms with Crippen LogP contribution in [0.3, 0.4) is 0 Å². The summed E-state index contributed by atoms with van der Waals surface area (Å²) in [5.74, 6) is -0.709. The van der Waals surface area contributed by atoms with E-state index < -0.39 is 5.95 Å². The Morgan fingerprint density at radius 2 is 2.14 bits per heavy atom. The van der Waals surface area contributed by atoms with E-state index >= 15 is 0 Å². The average molecular weight is 368 g/mol. The number of halogens is 3. The average Bonchev–Trinajstić information content (AvgIpc) is 2.98. The summed E-state index contributed by atoms with van der Waals surface area (Å²) < 4.78 is 26.5. The molecule has 1 saturated heterocycles. The first kappa shape index (κ1) is 15.4.